The number of carbonyl (C=O) groups excluding carboxylic acids is 2. The van der Waals surface area contributed by atoms with Crippen molar-refractivity contribution < 1.29 is 22.7 Å². The van der Waals surface area contributed by atoms with E-state index in [1.807, 2.05) is 4.72 Å². The van der Waals surface area contributed by atoms with Gasteiger partial charge in [0.1, 0.15) is 11.4 Å². The number of halogens is 3. The normalized spacial score (nSPS) is 12.3. The first-order valence-electron chi connectivity index (χ1n) is 6.80. The Balaban J connectivity index is 2.72. The van der Waals surface area contributed by atoms with Gasteiger partial charge in [0.25, 0.3) is 5.91 Å². The van der Waals surface area contributed by atoms with Gasteiger partial charge in [0.05, 0.1) is 10.0 Å². The van der Waals surface area contributed by atoms with Crippen molar-refractivity contribution in [1.29, 1.82) is 0 Å². The maximum atomic E-state index is 12.3. The van der Waals surface area contributed by atoms with Crippen LogP contribution in [0.5, 0.6) is 0 Å². The van der Waals surface area contributed by atoms with Gasteiger partial charge in [-0.25, -0.2) is 8.42 Å². The summed E-state index contributed by atoms with van der Waals surface area (Å²) in [6.07, 6.45) is 0.378. The van der Waals surface area contributed by atoms with Gasteiger partial charge in [0.2, 0.25) is 10.0 Å². The minimum Gasteiger partial charge on any atom is -0.452 e. The van der Waals surface area contributed by atoms with E-state index < -0.39 is 34.5 Å². The van der Waals surface area contributed by atoms with Crippen LogP contribution in [-0.4, -0.2) is 39.5 Å². The van der Waals surface area contributed by atoms with Crippen molar-refractivity contribution >= 4 is 61.0 Å². The van der Waals surface area contributed by atoms with Crippen LogP contribution in [0, 0.1) is 0 Å². The highest BCUT2D eigenvalue weighted by atomic mass is 79.9. The molecule has 0 saturated carbocycles. The topological polar surface area (TPSA) is 102 Å². The van der Waals surface area contributed by atoms with Crippen LogP contribution in [0.3, 0.4) is 0 Å². The molecule has 138 valence electrons. The molecule has 0 aliphatic carbocycles. The zero-order valence-corrected chi connectivity index (χ0v) is 16.9. The molecule has 1 aromatic carbocycles. The van der Waals surface area contributed by atoms with Gasteiger partial charge in [-0.3, -0.25) is 9.59 Å². The SMILES string of the molecule is C=CCNC(=O)C(C)OC(=O)CNS(=O)(=O)c1c(Cl)cc(Br)cc1Cl. The number of nitrogens with one attached hydrogen (secondary N) is 2. The fourth-order valence-corrected chi connectivity index (χ4v) is 4.52. The lowest BCUT2D eigenvalue weighted by molar-refractivity contribution is -0.153. The summed E-state index contributed by atoms with van der Waals surface area (Å²) in [7, 11) is -4.15. The molecule has 7 nitrogen and oxygen atoms in total. The summed E-state index contributed by atoms with van der Waals surface area (Å²) in [5.41, 5.74) is 0. The lowest BCUT2D eigenvalue weighted by Crippen LogP contribution is -2.38. The molecular weight excluding hydrogens is 459 g/mol. The molecule has 11 heteroatoms. The Bertz CT molecular complexity index is 762. The number of sulfonamides is 1. The molecule has 1 rings (SSSR count). The first-order chi connectivity index (χ1) is 11.6. The lowest BCUT2D eigenvalue weighted by Gasteiger charge is -2.14. The zero-order valence-electron chi connectivity index (χ0n) is 13.0. The molecule has 0 saturated heterocycles. The number of rotatable bonds is 8. The Morgan fingerprint density at radius 2 is 1.92 bits per heavy atom. The minimum atomic E-state index is -4.15. The van der Waals surface area contributed by atoms with Crippen LogP contribution in [0.15, 0.2) is 34.2 Å². The van der Waals surface area contributed by atoms with Crippen molar-refractivity contribution in [2.24, 2.45) is 0 Å². The fourth-order valence-electron chi connectivity index (χ4n) is 1.62. The third kappa shape index (κ3) is 6.59. The van der Waals surface area contributed by atoms with Gasteiger partial charge < -0.3 is 10.1 Å². The minimum absolute atomic E-state index is 0.114. The molecule has 2 N–H and O–H groups in total. The Hall–Kier alpha value is -1.13. The Morgan fingerprint density at radius 3 is 2.44 bits per heavy atom. The van der Waals surface area contributed by atoms with E-state index in [-0.39, 0.29) is 21.5 Å². The fraction of sp³-hybridized carbons (Fsp3) is 0.286. The van der Waals surface area contributed by atoms with Crippen molar-refractivity contribution in [3.05, 3.63) is 39.3 Å². The van der Waals surface area contributed by atoms with Gasteiger partial charge in [-0.15, -0.1) is 6.58 Å². The molecule has 0 aliphatic heterocycles. The second-order valence-corrected chi connectivity index (χ2v) is 8.12. The number of esters is 1. The number of amides is 1. The average molecular weight is 474 g/mol. The number of hydrogen-bond donors (Lipinski definition) is 2. The van der Waals surface area contributed by atoms with Gasteiger partial charge in [-0.2, -0.15) is 4.72 Å². The highest BCUT2D eigenvalue weighted by molar-refractivity contribution is 9.10. The van der Waals surface area contributed by atoms with E-state index in [1.54, 1.807) is 0 Å². The summed E-state index contributed by atoms with van der Waals surface area (Å²) in [5, 5.41) is 2.22. The quantitative estimate of drug-likeness (QED) is 0.445. The van der Waals surface area contributed by atoms with Gasteiger partial charge >= 0.3 is 5.97 Å². The third-order valence-electron chi connectivity index (χ3n) is 2.74. The van der Waals surface area contributed by atoms with Crippen LogP contribution in [0.2, 0.25) is 10.0 Å². The van der Waals surface area contributed by atoms with Crippen molar-refractivity contribution in [2.45, 2.75) is 17.9 Å². The van der Waals surface area contributed by atoms with Crippen LogP contribution in [0.4, 0.5) is 0 Å². The molecule has 1 aromatic rings. The molecule has 1 unspecified atom stereocenters. The molecular formula is C14H15BrCl2N2O5S. The van der Waals surface area contributed by atoms with E-state index in [1.165, 1.54) is 25.1 Å². The van der Waals surface area contributed by atoms with Crippen LogP contribution in [0.1, 0.15) is 6.92 Å². The number of carbonyl (C=O) groups is 2. The number of benzene rings is 1. The summed E-state index contributed by atoms with van der Waals surface area (Å²) in [6, 6.07) is 2.71. The predicted molar refractivity (Wildman–Crippen MR) is 98.1 cm³/mol. The Morgan fingerprint density at radius 1 is 1.36 bits per heavy atom. The maximum Gasteiger partial charge on any atom is 0.321 e. The van der Waals surface area contributed by atoms with Gasteiger partial charge in [0, 0.05) is 11.0 Å². The van der Waals surface area contributed by atoms with Gasteiger partial charge in [0.15, 0.2) is 6.10 Å². The zero-order chi connectivity index (χ0) is 19.2. The monoisotopic (exact) mass is 472 g/mol. The third-order valence-corrected chi connectivity index (χ3v) is 5.52. The Kier molecular flexibility index (Phi) is 8.36. The molecule has 0 bridgehead atoms. The van der Waals surface area contributed by atoms with E-state index >= 15 is 0 Å². The standard InChI is InChI=1S/C14H15BrCl2N2O5S/c1-3-4-18-14(21)8(2)24-12(20)7-19-25(22,23)13-10(16)5-9(15)6-11(13)17/h3,5-6,8,19H,1,4,7H2,2H3,(H,18,21). The average Bonchev–Trinajstić information content (AvgIpc) is 2.49. The summed E-state index contributed by atoms with van der Waals surface area (Å²) in [6.45, 7) is 4.31. The molecule has 0 spiro atoms. The molecule has 1 atom stereocenters. The molecule has 0 heterocycles. The molecule has 0 aromatic heterocycles. The van der Waals surface area contributed by atoms with E-state index in [0.717, 1.165) is 0 Å². The van der Waals surface area contributed by atoms with Crippen molar-refractivity contribution in [1.82, 2.24) is 10.0 Å². The van der Waals surface area contributed by atoms with E-state index in [9.17, 15) is 18.0 Å². The summed E-state index contributed by atoms with van der Waals surface area (Å²) in [4.78, 5) is 22.9. The number of ether oxygens (including phenoxy) is 1. The second-order valence-electron chi connectivity index (χ2n) is 4.69. The predicted octanol–water partition coefficient (Wildman–Crippen LogP) is 2.27. The first-order valence-corrected chi connectivity index (χ1v) is 9.84. The summed E-state index contributed by atoms with van der Waals surface area (Å²) >= 11 is 14.9. The van der Waals surface area contributed by atoms with Crippen LogP contribution >= 0.6 is 39.1 Å². The van der Waals surface area contributed by atoms with Crippen molar-refractivity contribution in [2.75, 3.05) is 13.1 Å². The molecule has 25 heavy (non-hydrogen) atoms. The van der Waals surface area contributed by atoms with E-state index in [0.29, 0.717) is 4.47 Å². The summed E-state index contributed by atoms with van der Waals surface area (Å²) < 4.78 is 31.9. The van der Waals surface area contributed by atoms with Crippen molar-refractivity contribution in [3.63, 3.8) is 0 Å². The van der Waals surface area contributed by atoms with Crippen LogP contribution in [0.25, 0.3) is 0 Å². The van der Waals surface area contributed by atoms with Gasteiger partial charge in [-0.1, -0.05) is 45.2 Å². The van der Waals surface area contributed by atoms with Crippen LogP contribution in [-0.2, 0) is 24.3 Å². The second kappa shape index (κ2) is 9.54. The van der Waals surface area contributed by atoms with Gasteiger partial charge in [-0.05, 0) is 19.1 Å². The molecule has 1 amide bonds. The van der Waals surface area contributed by atoms with E-state index in [4.69, 9.17) is 27.9 Å². The lowest BCUT2D eigenvalue weighted by atomic mass is 10.3. The molecule has 0 fully saturated rings. The smallest absolute Gasteiger partial charge is 0.321 e. The maximum absolute atomic E-state index is 12.3. The summed E-state index contributed by atoms with van der Waals surface area (Å²) in [5.74, 6) is -1.47. The van der Waals surface area contributed by atoms with Crippen molar-refractivity contribution in [3.8, 4) is 0 Å². The molecule has 0 aliphatic rings. The van der Waals surface area contributed by atoms with Crippen LogP contribution < -0.4 is 10.0 Å². The molecule has 0 radical (unpaired) electrons. The highest BCUT2D eigenvalue weighted by Gasteiger charge is 2.24. The first kappa shape index (κ1) is 21.9. The van der Waals surface area contributed by atoms with E-state index in [2.05, 4.69) is 27.8 Å². The largest absolute Gasteiger partial charge is 0.452 e. The highest BCUT2D eigenvalue weighted by Crippen LogP contribution is 2.32. The Labute approximate surface area is 163 Å². The number of hydrogen-bond acceptors (Lipinski definition) is 5.